The van der Waals surface area contributed by atoms with Crippen molar-refractivity contribution in [1.29, 1.82) is 0 Å². The molecule has 0 saturated carbocycles. The number of hydrazine groups is 1. The van der Waals surface area contributed by atoms with Crippen molar-refractivity contribution in [3.8, 4) is 0 Å². The van der Waals surface area contributed by atoms with E-state index >= 15 is 0 Å². The quantitative estimate of drug-likeness (QED) is 0.412. The second-order valence-corrected chi connectivity index (χ2v) is 4.68. The van der Waals surface area contributed by atoms with Crippen LogP contribution in [0.25, 0.3) is 0 Å². The molecule has 8 nitrogen and oxygen atoms in total. The molecule has 1 atom stereocenters. The van der Waals surface area contributed by atoms with Crippen LogP contribution in [-0.4, -0.2) is 34.9 Å². The predicted octanol–water partition coefficient (Wildman–Crippen LogP) is 0.201. The molecular weight excluding hydrogens is 262 g/mol. The van der Waals surface area contributed by atoms with Gasteiger partial charge in [0, 0.05) is 31.8 Å². The summed E-state index contributed by atoms with van der Waals surface area (Å²) in [5.74, 6) is 5.39. The number of nitrogens with one attached hydrogen (secondary N) is 2. The summed E-state index contributed by atoms with van der Waals surface area (Å²) < 4.78 is 0. The van der Waals surface area contributed by atoms with Gasteiger partial charge in [0.15, 0.2) is 0 Å². The maximum absolute atomic E-state index is 11.6. The fourth-order valence-electron chi connectivity index (χ4n) is 2.23. The third kappa shape index (κ3) is 2.86. The predicted molar refractivity (Wildman–Crippen MR) is 73.8 cm³/mol. The number of rotatable bonds is 4. The van der Waals surface area contributed by atoms with E-state index in [2.05, 4.69) is 10.7 Å². The first-order valence-corrected chi connectivity index (χ1v) is 6.28. The van der Waals surface area contributed by atoms with Crippen molar-refractivity contribution in [2.45, 2.75) is 19.5 Å². The maximum Gasteiger partial charge on any atom is 0.269 e. The van der Waals surface area contributed by atoms with Crippen LogP contribution in [0.5, 0.6) is 0 Å². The van der Waals surface area contributed by atoms with Gasteiger partial charge in [0.25, 0.3) is 5.69 Å². The summed E-state index contributed by atoms with van der Waals surface area (Å²) >= 11 is 0. The highest BCUT2D eigenvalue weighted by atomic mass is 16.6. The van der Waals surface area contributed by atoms with E-state index in [1.54, 1.807) is 13.0 Å². The highest BCUT2D eigenvalue weighted by Crippen LogP contribution is 2.24. The van der Waals surface area contributed by atoms with Crippen LogP contribution in [0.4, 0.5) is 11.4 Å². The topological polar surface area (TPSA) is 114 Å². The Bertz CT molecular complexity index is 534. The molecule has 0 aromatic heterocycles. The van der Waals surface area contributed by atoms with E-state index in [9.17, 15) is 14.9 Å². The average Bonchev–Trinajstić information content (AvgIpc) is 2.43. The smallest absolute Gasteiger partial charge is 0.269 e. The number of nitrogens with two attached hydrogens (primary N) is 1. The van der Waals surface area contributed by atoms with E-state index in [1.165, 1.54) is 12.1 Å². The SMILES string of the molecule is CC1C(=O)NCCN1Cc1cc([N+](=O)[O-])ccc1NN. The number of nitro groups is 1. The van der Waals surface area contributed by atoms with Gasteiger partial charge in [-0.2, -0.15) is 0 Å². The Morgan fingerprint density at radius 3 is 3.00 bits per heavy atom. The van der Waals surface area contributed by atoms with Gasteiger partial charge in [0.1, 0.15) is 0 Å². The van der Waals surface area contributed by atoms with E-state index in [1.807, 2.05) is 4.90 Å². The van der Waals surface area contributed by atoms with E-state index in [0.29, 0.717) is 30.9 Å². The summed E-state index contributed by atoms with van der Waals surface area (Å²) in [6.07, 6.45) is 0. The molecular formula is C12H17N5O3. The Labute approximate surface area is 116 Å². The number of hydrogen-bond donors (Lipinski definition) is 3. The number of nitro benzene ring substituents is 1. The molecule has 8 heteroatoms. The molecule has 108 valence electrons. The third-order valence-corrected chi connectivity index (χ3v) is 3.45. The fraction of sp³-hybridized carbons (Fsp3) is 0.417. The minimum absolute atomic E-state index is 0.00751. The van der Waals surface area contributed by atoms with Crippen LogP contribution in [0.1, 0.15) is 12.5 Å². The van der Waals surface area contributed by atoms with Crippen molar-refractivity contribution < 1.29 is 9.72 Å². The number of carbonyl (C=O) groups excluding carboxylic acids is 1. The van der Waals surface area contributed by atoms with E-state index in [0.717, 1.165) is 0 Å². The van der Waals surface area contributed by atoms with E-state index < -0.39 is 4.92 Å². The number of nitrogen functional groups attached to an aromatic ring is 1. The first-order valence-electron chi connectivity index (χ1n) is 6.28. The molecule has 1 aliphatic heterocycles. The normalized spacial score (nSPS) is 19.5. The first kappa shape index (κ1) is 14.2. The van der Waals surface area contributed by atoms with E-state index in [4.69, 9.17) is 5.84 Å². The van der Waals surface area contributed by atoms with Gasteiger partial charge >= 0.3 is 0 Å². The molecule has 1 fully saturated rings. The van der Waals surface area contributed by atoms with Crippen molar-refractivity contribution in [3.63, 3.8) is 0 Å². The lowest BCUT2D eigenvalue weighted by Gasteiger charge is -2.33. The highest BCUT2D eigenvalue weighted by molar-refractivity contribution is 5.82. The summed E-state index contributed by atoms with van der Waals surface area (Å²) in [5, 5.41) is 13.6. The van der Waals surface area contributed by atoms with Crippen molar-refractivity contribution in [2.24, 2.45) is 5.84 Å². The van der Waals surface area contributed by atoms with Gasteiger partial charge in [-0.1, -0.05) is 0 Å². The van der Waals surface area contributed by atoms with Crippen LogP contribution >= 0.6 is 0 Å². The maximum atomic E-state index is 11.6. The van der Waals surface area contributed by atoms with Gasteiger partial charge in [-0.3, -0.25) is 25.7 Å². The highest BCUT2D eigenvalue weighted by Gasteiger charge is 2.26. The summed E-state index contributed by atoms with van der Waals surface area (Å²) in [6, 6.07) is 4.18. The zero-order valence-corrected chi connectivity index (χ0v) is 11.1. The molecule has 4 N–H and O–H groups in total. The fourth-order valence-corrected chi connectivity index (χ4v) is 2.23. The summed E-state index contributed by atoms with van der Waals surface area (Å²) in [5.41, 5.74) is 3.85. The number of nitrogens with zero attached hydrogens (tertiary/aromatic N) is 2. The second kappa shape index (κ2) is 5.85. The lowest BCUT2D eigenvalue weighted by Crippen LogP contribution is -2.53. The molecule has 1 unspecified atom stereocenters. The molecule has 1 heterocycles. The Kier molecular flexibility index (Phi) is 4.16. The van der Waals surface area contributed by atoms with Crippen molar-refractivity contribution in [2.75, 3.05) is 18.5 Å². The summed E-state index contributed by atoms with van der Waals surface area (Å²) in [6.45, 7) is 3.50. The summed E-state index contributed by atoms with van der Waals surface area (Å²) in [7, 11) is 0. The van der Waals surface area contributed by atoms with Gasteiger partial charge in [-0.15, -0.1) is 0 Å². The van der Waals surface area contributed by atoms with Gasteiger partial charge < -0.3 is 10.7 Å². The number of anilines is 1. The third-order valence-electron chi connectivity index (χ3n) is 3.45. The molecule has 1 amide bonds. The first-order chi connectivity index (χ1) is 9.52. The molecule has 1 aromatic carbocycles. The molecule has 0 bridgehead atoms. The van der Waals surface area contributed by atoms with Crippen LogP contribution in [0.2, 0.25) is 0 Å². The van der Waals surface area contributed by atoms with E-state index in [-0.39, 0.29) is 17.6 Å². The van der Waals surface area contributed by atoms with Gasteiger partial charge in [0.2, 0.25) is 5.91 Å². The molecule has 1 aromatic rings. The molecule has 0 aliphatic carbocycles. The van der Waals surface area contributed by atoms with Gasteiger partial charge in [-0.25, -0.2) is 0 Å². The number of carbonyl (C=O) groups is 1. The zero-order valence-electron chi connectivity index (χ0n) is 11.1. The minimum Gasteiger partial charge on any atom is -0.353 e. The Morgan fingerprint density at radius 2 is 2.35 bits per heavy atom. The number of benzene rings is 1. The largest absolute Gasteiger partial charge is 0.353 e. The lowest BCUT2D eigenvalue weighted by atomic mass is 10.1. The second-order valence-electron chi connectivity index (χ2n) is 4.68. The summed E-state index contributed by atoms with van der Waals surface area (Å²) in [4.78, 5) is 24.0. The molecule has 0 spiro atoms. The number of non-ortho nitro benzene ring substituents is 1. The Hall–Kier alpha value is -2.19. The molecule has 20 heavy (non-hydrogen) atoms. The van der Waals surface area contributed by atoms with Crippen molar-refractivity contribution in [3.05, 3.63) is 33.9 Å². The van der Waals surface area contributed by atoms with Crippen LogP contribution < -0.4 is 16.6 Å². The van der Waals surface area contributed by atoms with Gasteiger partial charge in [-0.05, 0) is 18.6 Å². The van der Waals surface area contributed by atoms with Crippen LogP contribution in [0.3, 0.4) is 0 Å². The monoisotopic (exact) mass is 279 g/mol. The molecule has 1 aliphatic rings. The Morgan fingerprint density at radius 1 is 1.60 bits per heavy atom. The minimum atomic E-state index is -0.448. The molecule has 0 radical (unpaired) electrons. The van der Waals surface area contributed by atoms with Crippen LogP contribution in [-0.2, 0) is 11.3 Å². The van der Waals surface area contributed by atoms with Crippen molar-refractivity contribution >= 4 is 17.3 Å². The standard InChI is InChI=1S/C12H17N5O3/c1-8-12(18)14-4-5-16(8)7-9-6-10(17(19)20)2-3-11(9)15-13/h2-3,6,8,15H,4-5,7,13H2,1H3,(H,14,18). The molecule has 2 rings (SSSR count). The number of hydrogen-bond acceptors (Lipinski definition) is 6. The number of amides is 1. The van der Waals surface area contributed by atoms with Crippen LogP contribution in [0, 0.1) is 10.1 Å². The zero-order chi connectivity index (χ0) is 14.7. The van der Waals surface area contributed by atoms with Crippen LogP contribution in [0.15, 0.2) is 18.2 Å². The Balaban J connectivity index is 2.24. The van der Waals surface area contributed by atoms with Crippen molar-refractivity contribution in [1.82, 2.24) is 10.2 Å². The lowest BCUT2D eigenvalue weighted by molar-refractivity contribution is -0.384. The van der Waals surface area contributed by atoms with Gasteiger partial charge in [0.05, 0.1) is 16.7 Å². The number of piperazine rings is 1. The average molecular weight is 279 g/mol. The molecule has 1 saturated heterocycles.